The van der Waals surface area contributed by atoms with Gasteiger partial charge in [-0.2, -0.15) is 0 Å². The molecule has 8 nitrogen and oxygen atoms in total. The summed E-state index contributed by atoms with van der Waals surface area (Å²) in [6, 6.07) is 19.8. The number of para-hydroxylation sites is 1. The molecule has 0 bridgehead atoms. The Balaban J connectivity index is 1.13. The van der Waals surface area contributed by atoms with Crippen LogP contribution in [0.5, 0.6) is 0 Å². The summed E-state index contributed by atoms with van der Waals surface area (Å²) in [7, 11) is 0. The number of nitrogens with one attached hydrogen (secondary N) is 2. The molecular weight excluding hydrogens is 476 g/mol. The smallest absolute Gasteiger partial charge is 0.277 e. The van der Waals surface area contributed by atoms with Gasteiger partial charge in [0.1, 0.15) is 23.7 Å². The summed E-state index contributed by atoms with van der Waals surface area (Å²) in [5.74, 6) is 1.41. The lowest BCUT2D eigenvalue weighted by Crippen LogP contribution is -2.35. The van der Waals surface area contributed by atoms with Gasteiger partial charge in [0.15, 0.2) is 0 Å². The van der Waals surface area contributed by atoms with Crippen molar-refractivity contribution in [2.45, 2.75) is 37.5 Å². The van der Waals surface area contributed by atoms with Gasteiger partial charge in [0.05, 0.1) is 5.41 Å². The van der Waals surface area contributed by atoms with E-state index in [1.165, 1.54) is 11.9 Å². The van der Waals surface area contributed by atoms with Crippen LogP contribution >= 0.6 is 0 Å². The zero-order valence-corrected chi connectivity index (χ0v) is 20.9. The van der Waals surface area contributed by atoms with Gasteiger partial charge in [-0.15, -0.1) is 0 Å². The van der Waals surface area contributed by atoms with E-state index in [-0.39, 0.29) is 11.8 Å². The number of anilines is 4. The Morgan fingerprint density at radius 3 is 2.82 bits per heavy atom. The minimum Gasteiger partial charge on any atom is -0.340 e. The molecule has 4 aromatic rings. The van der Waals surface area contributed by atoms with Crippen molar-refractivity contribution in [1.82, 2.24) is 15.0 Å². The summed E-state index contributed by atoms with van der Waals surface area (Å²) >= 11 is 0. The van der Waals surface area contributed by atoms with Crippen molar-refractivity contribution in [2.75, 3.05) is 22.1 Å². The monoisotopic (exact) mass is 502 g/mol. The second-order valence-corrected chi connectivity index (χ2v) is 10.3. The minimum atomic E-state index is -0.610. The molecule has 38 heavy (non-hydrogen) atoms. The average molecular weight is 503 g/mol. The SMILES string of the molecule is CCC1CN(C(=O)c2cc(Nc3ccc4c(c3)CC3(C4)C(=O)Nc4ncccc43)ncn2)c2ccccc21. The Hall–Kier alpha value is -4.59. The van der Waals surface area contributed by atoms with Gasteiger partial charge in [-0.25, -0.2) is 15.0 Å². The van der Waals surface area contributed by atoms with Crippen LogP contribution in [-0.2, 0) is 23.1 Å². The van der Waals surface area contributed by atoms with Crippen LogP contribution < -0.4 is 15.5 Å². The minimum absolute atomic E-state index is 0.00432. The Morgan fingerprint density at radius 2 is 1.92 bits per heavy atom. The highest BCUT2D eigenvalue weighted by molar-refractivity contribution is 6.07. The number of fused-ring (bicyclic) bond motifs is 4. The molecule has 2 aromatic carbocycles. The molecule has 0 fully saturated rings. The van der Waals surface area contributed by atoms with Gasteiger partial charge < -0.3 is 15.5 Å². The van der Waals surface area contributed by atoms with Crippen LogP contribution in [-0.4, -0.2) is 33.3 Å². The number of pyridine rings is 1. The molecular formula is C30H26N6O2. The van der Waals surface area contributed by atoms with Gasteiger partial charge in [-0.1, -0.05) is 37.3 Å². The normalized spacial score (nSPS) is 20.7. The molecule has 0 saturated carbocycles. The maximum Gasteiger partial charge on any atom is 0.277 e. The number of aromatic nitrogens is 3. The third kappa shape index (κ3) is 3.40. The molecule has 0 radical (unpaired) electrons. The highest BCUT2D eigenvalue weighted by Gasteiger charge is 2.51. The number of rotatable bonds is 4. The van der Waals surface area contributed by atoms with Crippen LogP contribution in [0.4, 0.5) is 23.0 Å². The molecule has 2 aromatic heterocycles. The largest absolute Gasteiger partial charge is 0.340 e. The lowest BCUT2D eigenvalue weighted by molar-refractivity contribution is -0.120. The van der Waals surface area contributed by atoms with Gasteiger partial charge >= 0.3 is 0 Å². The summed E-state index contributed by atoms with van der Waals surface area (Å²) in [6.45, 7) is 2.80. The number of amides is 2. The van der Waals surface area contributed by atoms with E-state index >= 15 is 0 Å². The number of hydrogen-bond acceptors (Lipinski definition) is 6. The van der Waals surface area contributed by atoms with Crippen molar-refractivity contribution in [1.29, 1.82) is 0 Å². The predicted octanol–water partition coefficient (Wildman–Crippen LogP) is 4.76. The topological polar surface area (TPSA) is 100 Å². The van der Waals surface area contributed by atoms with Crippen LogP contribution in [0.25, 0.3) is 0 Å². The standard InChI is InChI=1S/C30H26N6O2/c1-2-18-16-36(25-8-4-3-6-22(18)25)28(37)24-13-26(33-17-32-24)34-21-10-9-19-14-30(15-20(19)12-21)23-7-5-11-31-27(23)35-29(30)38/h3-13,17-18H,2,14-16H2,1H3,(H,31,35,38)(H,32,33,34). The second kappa shape index (κ2) is 8.48. The number of carbonyl (C=O) groups excluding carboxylic acids is 2. The maximum absolute atomic E-state index is 13.5. The summed E-state index contributed by atoms with van der Waals surface area (Å²) in [6.07, 6.45) is 5.36. The summed E-state index contributed by atoms with van der Waals surface area (Å²) in [5.41, 5.74) is 5.98. The fraction of sp³-hybridized carbons (Fsp3) is 0.233. The first-order valence-electron chi connectivity index (χ1n) is 12.9. The van der Waals surface area contributed by atoms with Gasteiger partial charge in [-0.3, -0.25) is 9.59 Å². The molecule has 2 amide bonds. The van der Waals surface area contributed by atoms with E-state index in [1.54, 1.807) is 12.3 Å². The molecule has 2 atom stereocenters. The molecule has 1 spiro atoms. The van der Waals surface area contributed by atoms with Crippen LogP contribution in [0.3, 0.4) is 0 Å². The third-order valence-electron chi connectivity index (χ3n) is 8.15. The van der Waals surface area contributed by atoms with Crippen LogP contribution in [0.1, 0.15) is 52.0 Å². The summed E-state index contributed by atoms with van der Waals surface area (Å²) in [4.78, 5) is 41.3. The van der Waals surface area contributed by atoms with Crippen molar-refractivity contribution < 1.29 is 9.59 Å². The maximum atomic E-state index is 13.5. The quantitative estimate of drug-likeness (QED) is 0.418. The Morgan fingerprint density at radius 1 is 1.05 bits per heavy atom. The zero-order valence-electron chi connectivity index (χ0n) is 20.9. The second-order valence-electron chi connectivity index (χ2n) is 10.3. The molecule has 7 rings (SSSR count). The first-order valence-corrected chi connectivity index (χ1v) is 12.9. The van der Waals surface area contributed by atoms with E-state index in [1.807, 2.05) is 41.3 Å². The molecule has 8 heteroatoms. The zero-order chi connectivity index (χ0) is 25.9. The van der Waals surface area contributed by atoms with Gasteiger partial charge in [-0.05, 0) is 60.2 Å². The molecule has 0 saturated heterocycles. The van der Waals surface area contributed by atoms with Crippen LogP contribution in [0, 0.1) is 0 Å². The summed E-state index contributed by atoms with van der Waals surface area (Å²) in [5, 5.41) is 6.29. The van der Waals surface area contributed by atoms with Crippen molar-refractivity contribution in [2.24, 2.45) is 0 Å². The van der Waals surface area contributed by atoms with Crippen LogP contribution in [0.15, 0.2) is 73.2 Å². The fourth-order valence-electron chi connectivity index (χ4n) is 6.21. The number of nitrogens with zero attached hydrogens (tertiary/aromatic N) is 4. The first kappa shape index (κ1) is 22.6. The highest BCUT2D eigenvalue weighted by Crippen LogP contribution is 2.47. The summed E-state index contributed by atoms with van der Waals surface area (Å²) < 4.78 is 0. The molecule has 188 valence electrons. The molecule has 2 unspecified atom stereocenters. The van der Waals surface area contributed by atoms with Crippen molar-refractivity contribution in [3.8, 4) is 0 Å². The molecule has 2 aliphatic heterocycles. The van der Waals surface area contributed by atoms with E-state index < -0.39 is 5.41 Å². The van der Waals surface area contributed by atoms with Crippen molar-refractivity contribution in [3.63, 3.8) is 0 Å². The highest BCUT2D eigenvalue weighted by atomic mass is 16.2. The Bertz CT molecular complexity index is 1620. The van der Waals surface area contributed by atoms with E-state index in [0.29, 0.717) is 42.6 Å². The molecule has 1 aliphatic carbocycles. The number of hydrogen-bond donors (Lipinski definition) is 2. The fourth-order valence-corrected chi connectivity index (χ4v) is 6.21. The van der Waals surface area contributed by atoms with Gasteiger partial charge in [0, 0.05) is 41.7 Å². The third-order valence-corrected chi connectivity index (χ3v) is 8.15. The van der Waals surface area contributed by atoms with E-state index in [2.05, 4.69) is 50.7 Å². The lowest BCUT2D eigenvalue weighted by Gasteiger charge is -2.20. The molecule has 4 heterocycles. The van der Waals surface area contributed by atoms with Crippen molar-refractivity contribution >= 4 is 34.8 Å². The van der Waals surface area contributed by atoms with E-state index in [9.17, 15) is 9.59 Å². The predicted molar refractivity (Wildman–Crippen MR) is 145 cm³/mol. The van der Waals surface area contributed by atoms with Gasteiger partial charge in [0.2, 0.25) is 5.91 Å². The average Bonchev–Trinajstić information content (AvgIpc) is 3.60. The first-order chi connectivity index (χ1) is 18.6. The Kier molecular flexibility index (Phi) is 5.04. The van der Waals surface area contributed by atoms with Crippen molar-refractivity contribution in [3.05, 3.63) is 101 Å². The number of benzene rings is 2. The Labute approximate surface area is 220 Å². The van der Waals surface area contributed by atoms with Gasteiger partial charge in [0.25, 0.3) is 5.91 Å². The molecule has 3 aliphatic rings. The van der Waals surface area contributed by atoms with E-state index in [4.69, 9.17) is 0 Å². The van der Waals surface area contributed by atoms with Crippen LogP contribution in [0.2, 0.25) is 0 Å². The van der Waals surface area contributed by atoms with E-state index in [0.717, 1.165) is 34.5 Å². The molecule has 2 N–H and O–H groups in total. The number of carbonyl (C=O) groups is 2. The lowest BCUT2D eigenvalue weighted by atomic mass is 9.79.